The minimum absolute atomic E-state index is 0.0113. The van der Waals surface area contributed by atoms with Gasteiger partial charge in [0.2, 0.25) is 10.0 Å². The predicted octanol–water partition coefficient (Wildman–Crippen LogP) is -0.538. The van der Waals surface area contributed by atoms with E-state index in [2.05, 4.69) is 4.72 Å². The number of nitrogens with one attached hydrogen (secondary N) is 1. The van der Waals surface area contributed by atoms with Crippen molar-refractivity contribution in [3.63, 3.8) is 0 Å². The van der Waals surface area contributed by atoms with E-state index in [9.17, 15) is 18.6 Å². The van der Waals surface area contributed by atoms with Gasteiger partial charge in [-0.15, -0.1) is 0 Å². The minimum atomic E-state index is -3.49. The van der Waals surface area contributed by atoms with E-state index in [0.29, 0.717) is 5.75 Å². The standard InChI is InChI=1S/C10H16N2O5S/c1-18(15,16)12-9-4-8(2-3-10(9)14)17-6-7(13)5-11/h2-4,7,12-14H,5-6,11H2,1H3/t7-/m0/s1. The van der Waals surface area contributed by atoms with Crippen LogP contribution in [0, 0.1) is 0 Å². The number of hydrogen-bond acceptors (Lipinski definition) is 6. The molecule has 0 aliphatic carbocycles. The zero-order valence-corrected chi connectivity index (χ0v) is 10.6. The number of aliphatic hydroxyl groups is 1. The van der Waals surface area contributed by atoms with Crippen LogP contribution in [0.15, 0.2) is 18.2 Å². The van der Waals surface area contributed by atoms with Gasteiger partial charge in [0.25, 0.3) is 0 Å². The van der Waals surface area contributed by atoms with E-state index in [-0.39, 0.29) is 24.6 Å². The summed E-state index contributed by atoms with van der Waals surface area (Å²) < 4.78 is 29.5. The summed E-state index contributed by atoms with van der Waals surface area (Å²) in [6.07, 6.45) is 0.170. The number of aromatic hydroxyl groups is 1. The molecule has 1 aromatic carbocycles. The van der Waals surface area contributed by atoms with E-state index < -0.39 is 16.1 Å². The van der Waals surface area contributed by atoms with Crippen LogP contribution in [0.25, 0.3) is 0 Å². The molecule has 0 heterocycles. The van der Waals surface area contributed by atoms with Gasteiger partial charge in [-0.3, -0.25) is 4.72 Å². The Bertz CT molecular complexity index is 503. The Kier molecular flexibility index (Phi) is 4.76. The van der Waals surface area contributed by atoms with Gasteiger partial charge in [-0.05, 0) is 12.1 Å². The summed E-state index contributed by atoms with van der Waals surface area (Å²) in [4.78, 5) is 0. The number of benzene rings is 1. The van der Waals surface area contributed by atoms with E-state index >= 15 is 0 Å². The maximum absolute atomic E-state index is 11.1. The molecule has 18 heavy (non-hydrogen) atoms. The molecule has 0 radical (unpaired) electrons. The van der Waals surface area contributed by atoms with Crippen LogP contribution in [0.4, 0.5) is 5.69 Å². The summed E-state index contributed by atoms with van der Waals surface area (Å²) in [7, 11) is -3.49. The maximum atomic E-state index is 11.1. The van der Waals surface area contributed by atoms with Gasteiger partial charge in [-0.1, -0.05) is 0 Å². The number of nitrogens with two attached hydrogens (primary N) is 1. The van der Waals surface area contributed by atoms with Gasteiger partial charge in [0.1, 0.15) is 24.2 Å². The Morgan fingerprint density at radius 2 is 2.17 bits per heavy atom. The van der Waals surface area contributed by atoms with Crippen molar-refractivity contribution < 1.29 is 23.4 Å². The van der Waals surface area contributed by atoms with Gasteiger partial charge in [-0.2, -0.15) is 0 Å². The molecule has 0 aromatic heterocycles. The first-order chi connectivity index (χ1) is 8.31. The van der Waals surface area contributed by atoms with Crippen molar-refractivity contribution in [3.8, 4) is 11.5 Å². The fourth-order valence-electron chi connectivity index (χ4n) is 1.15. The third kappa shape index (κ3) is 4.78. The highest BCUT2D eigenvalue weighted by molar-refractivity contribution is 7.92. The van der Waals surface area contributed by atoms with Crippen LogP contribution >= 0.6 is 0 Å². The monoisotopic (exact) mass is 276 g/mol. The van der Waals surface area contributed by atoms with Crippen LogP contribution < -0.4 is 15.2 Å². The molecule has 0 spiro atoms. The van der Waals surface area contributed by atoms with Crippen molar-refractivity contribution >= 4 is 15.7 Å². The Balaban J connectivity index is 2.81. The van der Waals surface area contributed by atoms with Crippen LogP contribution in [0.5, 0.6) is 11.5 Å². The first-order valence-electron chi connectivity index (χ1n) is 5.13. The number of phenols is 1. The molecule has 0 saturated heterocycles. The molecule has 0 aliphatic heterocycles. The average Bonchev–Trinajstić information content (AvgIpc) is 2.28. The highest BCUT2D eigenvalue weighted by Crippen LogP contribution is 2.28. The molecule has 0 unspecified atom stereocenters. The second kappa shape index (κ2) is 5.89. The van der Waals surface area contributed by atoms with Gasteiger partial charge in [0, 0.05) is 12.6 Å². The fraction of sp³-hybridized carbons (Fsp3) is 0.400. The lowest BCUT2D eigenvalue weighted by molar-refractivity contribution is 0.114. The molecule has 8 heteroatoms. The van der Waals surface area contributed by atoms with Crippen molar-refractivity contribution in [1.29, 1.82) is 0 Å². The lowest BCUT2D eigenvalue weighted by atomic mass is 10.3. The summed E-state index contributed by atoms with van der Waals surface area (Å²) >= 11 is 0. The Morgan fingerprint density at radius 1 is 1.50 bits per heavy atom. The lowest BCUT2D eigenvalue weighted by Crippen LogP contribution is -2.26. The van der Waals surface area contributed by atoms with E-state index in [1.165, 1.54) is 18.2 Å². The molecule has 0 aliphatic rings. The molecule has 1 rings (SSSR count). The first-order valence-corrected chi connectivity index (χ1v) is 7.02. The molecular weight excluding hydrogens is 260 g/mol. The van der Waals surface area contributed by atoms with Crippen LogP contribution in [-0.2, 0) is 10.0 Å². The molecular formula is C10H16N2O5S. The normalized spacial score (nSPS) is 13.1. The summed E-state index contributed by atoms with van der Waals surface area (Å²) in [5, 5.41) is 18.7. The number of aliphatic hydroxyl groups excluding tert-OH is 1. The second-order valence-corrected chi connectivity index (χ2v) is 5.50. The van der Waals surface area contributed by atoms with Crippen LogP contribution in [-0.4, -0.2) is 44.1 Å². The minimum Gasteiger partial charge on any atom is -0.506 e. The lowest BCUT2D eigenvalue weighted by Gasteiger charge is -2.12. The van der Waals surface area contributed by atoms with E-state index in [1.807, 2.05) is 0 Å². The fourth-order valence-corrected chi connectivity index (χ4v) is 1.71. The number of phenolic OH excluding ortho intramolecular Hbond substituents is 1. The molecule has 0 amide bonds. The summed E-state index contributed by atoms with van der Waals surface area (Å²) in [6, 6.07) is 4.06. The van der Waals surface area contributed by atoms with Gasteiger partial charge in [-0.25, -0.2) is 8.42 Å². The van der Waals surface area contributed by atoms with Crippen molar-refractivity contribution in [2.24, 2.45) is 5.73 Å². The maximum Gasteiger partial charge on any atom is 0.229 e. The Hall–Kier alpha value is -1.51. The molecule has 102 valence electrons. The highest BCUT2D eigenvalue weighted by Gasteiger charge is 2.09. The molecule has 5 N–H and O–H groups in total. The van der Waals surface area contributed by atoms with Gasteiger partial charge >= 0.3 is 0 Å². The summed E-state index contributed by atoms with van der Waals surface area (Å²) in [5.74, 6) is 0.0959. The highest BCUT2D eigenvalue weighted by atomic mass is 32.2. The number of hydrogen-bond donors (Lipinski definition) is 4. The van der Waals surface area contributed by atoms with Gasteiger partial charge in [0.05, 0.1) is 11.9 Å². The Morgan fingerprint density at radius 3 is 2.72 bits per heavy atom. The van der Waals surface area contributed by atoms with Crippen LogP contribution in [0.2, 0.25) is 0 Å². The van der Waals surface area contributed by atoms with Crippen LogP contribution in [0.3, 0.4) is 0 Å². The van der Waals surface area contributed by atoms with Crippen LogP contribution in [0.1, 0.15) is 0 Å². The molecule has 0 fully saturated rings. The van der Waals surface area contributed by atoms with Gasteiger partial charge < -0.3 is 20.7 Å². The molecule has 7 nitrogen and oxygen atoms in total. The van der Waals surface area contributed by atoms with E-state index in [4.69, 9.17) is 10.5 Å². The largest absolute Gasteiger partial charge is 0.506 e. The number of anilines is 1. The molecule has 1 atom stereocenters. The van der Waals surface area contributed by atoms with E-state index in [0.717, 1.165) is 6.26 Å². The summed E-state index contributed by atoms with van der Waals surface area (Å²) in [6.45, 7) is 0.0477. The Labute approximate surface area is 105 Å². The van der Waals surface area contributed by atoms with Crippen molar-refractivity contribution in [1.82, 2.24) is 0 Å². The third-order valence-corrected chi connectivity index (χ3v) is 2.57. The molecule has 0 bridgehead atoms. The predicted molar refractivity (Wildman–Crippen MR) is 67.1 cm³/mol. The van der Waals surface area contributed by atoms with Crippen molar-refractivity contribution in [2.45, 2.75) is 6.10 Å². The quantitative estimate of drug-likeness (QED) is 0.518. The number of sulfonamides is 1. The van der Waals surface area contributed by atoms with Crippen molar-refractivity contribution in [2.75, 3.05) is 24.1 Å². The number of ether oxygens (including phenoxy) is 1. The smallest absolute Gasteiger partial charge is 0.229 e. The average molecular weight is 276 g/mol. The third-order valence-electron chi connectivity index (χ3n) is 1.98. The van der Waals surface area contributed by atoms with Crippen molar-refractivity contribution in [3.05, 3.63) is 18.2 Å². The van der Waals surface area contributed by atoms with Gasteiger partial charge in [0.15, 0.2) is 0 Å². The topological polar surface area (TPSA) is 122 Å². The second-order valence-electron chi connectivity index (χ2n) is 3.75. The molecule has 1 aromatic rings. The first kappa shape index (κ1) is 14.6. The zero-order chi connectivity index (χ0) is 13.8. The SMILES string of the molecule is CS(=O)(=O)Nc1cc(OC[C@@H](O)CN)ccc1O. The van der Waals surface area contributed by atoms with E-state index in [1.54, 1.807) is 0 Å². The summed E-state index contributed by atoms with van der Waals surface area (Å²) in [5.41, 5.74) is 5.22. The molecule has 0 saturated carbocycles. The zero-order valence-electron chi connectivity index (χ0n) is 9.83. The number of rotatable bonds is 6.